The maximum absolute atomic E-state index is 12.2. The highest BCUT2D eigenvalue weighted by molar-refractivity contribution is 7.91. The minimum absolute atomic E-state index is 0.110. The van der Waals surface area contributed by atoms with E-state index in [1.54, 1.807) is 31.2 Å². The summed E-state index contributed by atoms with van der Waals surface area (Å²) in [4.78, 5) is 12.1. The Morgan fingerprint density at radius 1 is 1.29 bits per heavy atom. The first-order chi connectivity index (χ1) is 11.3. The number of nitrogens with zero attached hydrogens (tertiary/aromatic N) is 2. The van der Waals surface area contributed by atoms with Crippen molar-refractivity contribution in [2.24, 2.45) is 0 Å². The van der Waals surface area contributed by atoms with Gasteiger partial charge in [0.1, 0.15) is 0 Å². The van der Waals surface area contributed by atoms with Gasteiger partial charge in [-0.05, 0) is 37.6 Å². The van der Waals surface area contributed by atoms with Crippen molar-refractivity contribution in [2.45, 2.75) is 37.1 Å². The van der Waals surface area contributed by atoms with E-state index in [0.29, 0.717) is 10.6 Å². The van der Waals surface area contributed by atoms with Crippen LogP contribution in [0.3, 0.4) is 0 Å². The van der Waals surface area contributed by atoms with Crippen molar-refractivity contribution in [2.75, 3.05) is 5.32 Å². The fourth-order valence-corrected chi connectivity index (χ4v) is 4.26. The smallest absolute Gasteiger partial charge is 0.270 e. The summed E-state index contributed by atoms with van der Waals surface area (Å²) in [7, 11) is -3.74. The summed E-state index contributed by atoms with van der Waals surface area (Å²) in [5, 5.41) is 10.5. The quantitative estimate of drug-likeness (QED) is 0.710. The predicted molar refractivity (Wildman–Crippen MR) is 94.0 cm³/mol. The van der Waals surface area contributed by atoms with Crippen molar-refractivity contribution in [3.63, 3.8) is 0 Å². The molecule has 0 aliphatic rings. The van der Waals surface area contributed by atoms with E-state index in [1.165, 1.54) is 0 Å². The van der Waals surface area contributed by atoms with Crippen LogP contribution in [0.5, 0.6) is 0 Å². The van der Waals surface area contributed by atoms with E-state index in [1.807, 2.05) is 6.92 Å². The molecular formula is C14H17ClN4O3S2. The first-order valence-corrected chi connectivity index (χ1v) is 9.92. The molecule has 1 aromatic carbocycles. The van der Waals surface area contributed by atoms with Gasteiger partial charge in [0.2, 0.25) is 9.47 Å². The van der Waals surface area contributed by atoms with Crippen LogP contribution < -0.4 is 10.0 Å². The Balaban J connectivity index is 2.07. The normalized spacial score (nSPS) is 12.8. The van der Waals surface area contributed by atoms with Crippen LogP contribution in [0, 0.1) is 0 Å². The summed E-state index contributed by atoms with van der Waals surface area (Å²) in [6.07, 6.45) is 1.58. The number of nitrogens with one attached hydrogen (secondary N) is 2. The van der Waals surface area contributed by atoms with Gasteiger partial charge in [-0.3, -0.25) is 10.1 Å². The number of anilines is 1. The maximum Gasteiger partial charge on any atom is 0.270 e. The lowest BCUT2D eigenvalue weighted by atomic mass is 10.2. The van der Waals surface area contributed by atoms with Gasteiger partial charge in [-0.15, -0.1) is 10.2 Å². The number of hydrogen-bond donors (Lipinski definition) is 2. The average molecular weight is 389 g/mol. The Labute approximate surface area is 149 Å². The molecule has 2 rings (SSSR count). The lowest BCUT2D eigenvalue weighted by molar-refractivity contribution is 0.102. The van der Waals surface area contributed by atoms with Crippen LogP contribution in [0.4, 0.5) is 5.13 Å². The van der Waals surface area contributed by atoms with Crippen LogP contribution >= 0.6 is 22.9 Å². The molecule has 130 valence electrons. The third-order valence-electron chi connectivity index (χ3n) is 3.04. The summed E-state index contributed by atoms with van der Waals surface area (Å²) in [5.74, 6) is -0.418. The molecule has 1 heterocycles. The summed E-state index contributed by atoms with van der Waals surface area (Å²) < 4.78 is 26.7. The van der Waals surface area contributed by atoms with Gasteiger partial charge in [0.25, 0.3) is 15.9 Å². The molecule has 0 spiro atoms. The van der Waals surface area contributed by atoms with Crippen LogP contribution in [0.1, 0.15) is 37.0 Å². The molecule has 2 aromatic rings. The van der Waals surface area contributed by atoms with Gasteiger partial charge in [0.05, 0.1) is 0 Å². The number of aromatic nitrogens is 2. The zero-order valence-electron chi connectivity index (χ0n) is 13.1. The number of carbonyl (C=O) groups is 1. The summed E-state index contributed by atoms with van der Waals surface area (Å²) in [5.41, 5.74) is 0.383. The molecule has 0 bridgehead atoms. The number of sulfonamides is 1. The molecule has 7 nitrogen and oxygen atoms in total. The third-order valence-corrected chi connectivity index (χ3v) is 6.09. The number of rotatable bonds is 7. The Bertz CT molecular complexity index is 806. The largest absolute Gasteiger partial charge is 0.296 e. The predicted octanol–water partition coefficient (Wildman–Crippen LogP) is 2.91. The van der Waals surface area contributed by atoms with Crippen molar-refractivity contribution in [1.82, 2.24) is 14.9 Å². The molecule has 0 aliphatic carbocycles. The molecule has 0 saturated carbocycles. The van der Waals surface area contributed by atoms with Crippen LogP contribution in [0.2, 0.25) is 5.02 Å². The molecular weight excluding hydrogens is 372 g/mol. The van der Waals surface area contributed by atoms with Gasteiger partial charge in [-0.25, -0.2) is 13.1 Å². The minimum Gasteiger partial charge on any atom is -0.296 e. The topological polar surface area (TPSA) is 101 Å². The van der Waals surface area contributed by atoms with Crippen molar-refractivity contribution < 1.29 is 13.2 Å². The molecule has 24 heavy (non-hydrogen) atoms. The lowest BCUT2D eigenvalue weighted by Gasteiger charge is -2.10. The second-order valence-electron chi connectivity index (χ2n) is 5.15. The number of amides is 1. The zero-order valence-corrected chi connectivity index (χ0v) is 15.5. The van der Waals surface area contributed by atoms with Gasteiger partial charge in [0.15, 0.2) is 0 Å². The number of hydrogen-bond acceptors (Lipinski definition) is 6. The first-order valence-electron chi connectivity index (χ1n) is 7.24. The van der Waals surface area contributed by atoms with Crippen LogP contribution in [0.25, 0.3) is 0 Å². The summed E-state index contributed by atoms with van der Waals surface area (Å²) in [6, 6.07) is 6.10. The van der Waals surface area contributed by atoms with E-state index < -0.39 is 15.9 Å². The fraction of sp³-hybridized carbons (Fsp3) is 0.357. The van der Waals surface area contributed by atoms with E-state index in [2.05, 4.69) is 20.2 Å². The molecule has 0 saturated heterocycles. The Morgan fingerprint density at radius 2 is 1.96 bits per heavy atom. The number of carbonyl (C=O) groups excluding carboxylic acids is 1. The van der Waals surface area contributed by atoms with E-state index in [9.17, 15) is 13.2 Å². The van der Waals surface area contributed by atoms with Gasteiger partial charge in [-0.1, -0.05) is 36.3 Å². The average Bonchev–Trinajstić information content (AvgIpc) is 2.97. The van der Waals surface area contributed by atoms with Gasteiger partial charge >= 0.3 is 0 Å². The van der Waals surface area contributed by atoms with Crippen LogP contribution in [0.15, 0.2) is 28.6 Å². The summed E-state index contributed by atoms with van der Waals surface area (Å²) in [6.45, 7) is 3.76. The second-order valence-corrected chi connectivity index (χ2v) is 8.45. The van der Waals surface area contributed by atoms with Gasteiger partial charge in [-0.2, -0.15) is 0 Å². The maximum atomic E-state index is 12.2. The van der Waals surface area contributed by atoms with Crippen molar-refractivity contribution in [1.29, 1.82) is 0 Å². The number of halogens is 1. The number of benzene rings is 1. The molecule has 1 aromatic heterocycles. The highest BCUT2D eigenvalue weighted by Crippen LogP contribution is 2.21. The van der Waals surface area contributed by atoms with E-state index >= 15 is 0 Å². The van der Waals surface area contributed by atoms with Gasteiger partial charge in [0, 0.05) is 16.6 Å². The van der Waals surface area contributed by atoms with Crippen molar-refractivity contribution in [3.05, 3.63) is 34.9 Å². The minimum atomic E-state index is -3.74. The molecule has 0 unspecified atom stereocenters. The zero-order chi connectivity index (χ0) is 17.7. The first kappa shape index (κ1) is 18.8. The third kappa shape index (κ3) is 4.97. The van der Waals surface area contributed by atoms with Crippen LogP contribution in [-0.2, 0) is 10.0 Å². The van der Waals surface area contributed by atoms with E-state index in [4.69, 9.17) is 11.6 Å². The van der Waals surface area contributed by atoms with E-state index in [-0.39, 0.29) is 15.5 Å². The van der Waals surface area contributed by atoms with Gasteiger partial charge < -0.3 is 0 Å². The Hall–Kier alpha value is -1.55. The Kier molecular flexibility index (Phi) is 6.27. The van der Waals surface area contributed by atoms with Crippen LogP contribution in [-0.4, -0.2) is 30.6 Å². The molecule has 0 aliphatic heterocycles. The second kappa shape index (κ2) is 8.02. The highest BCUT2D eigenvalue weighted by Gasteiger charge is 2.22. The lowest BCUT2D eigenvalue weighted by Crippen LogP contribution is -2.32. The monoisotopic (exact) mass is 388 g/mol. The summed E-state index contributed by atoms with van der Waals surface area (Å²) >= 11 is 6.56. The molecule has 10 heteroatoms. The van der Waals surface area contributed by atoms with Crippen molar-refractivity contribution >= 4 is 44.0 Å². The standard InChI is InChI=1S/C14H17ClN4O3S2/c1-3-4-9(2)19-24(21,22)14-18-17-13(23-14)16-12(20)10-5-7-11(15)8-6-10/h5-9,19H,3-4H2,1-2H3,(H,16,17,20)/t9-/m1/s1. The fourth-order valence-electron chi connectivity index (χ4n) is 1.95. The molecule has 1 atom stereocenters. The SMILES string of the molecule is CCC[C@@H](C)NS(=O)(=O)c1nnc(NC(=O)c2ccc(Cl)cc2)s1. The molecule has 2 N–H and O–H groups in total. The highest BCUT2D eigenvalue weighted by atomic mass is 35.5. The Morgan fingerprint density at radius 3 is 2.58 bits per heavy atom. The van der Waals surface area contributed by atoms with E-state index in [0.717, 1.165) is 24.2 Å². The molecule has 0 fully saturated rings. The van der Waals surface area contributed by atoms with Crippen molar-refractivity contribution in [3.8, 4) is 0 Å². The molecule has 0 radical (unpaired) electrons. The molecule has 1 amide bonds.